The molecule has 106 valence electrons. The highest BCUT2D eigenvalue weighted by atomic mass is 32.1. The van der Waals surface area contributed by atoms with Crippen LogP contribution in [0.1, 0.15) is 39.2 Å². The van der Waals surface area contributed by atoms with Gasteiger partial charge in [-0.3, -0.25) is 4.79 Å². The summed E-state index contributed by atoms with van der Waals surface area (Å²) < 4.78 is 0. The van der Waals surface area contributed by atoms with Gasteiger partial charge in [0.05, 0.1) is 16.3 Å². The number of carbonyl (C=O) groups is 1. The van der Waals surface area contributed by atoms with Gasteiger partial charge in [-0.15, -0.1) is 0 Å². The van der Waals surface area contributed by atoms with E-state index in [0.717, 1.165) is 22.1 Å². The molecular formula is C14H18N4OS. The maximum atomic E-state index is 11.1. The number of hydrogen-bond acceptors (Lipinski definition) is 5. The van der Waals surface area contributed by atoms with Gasteiger partial charge >= 0.3 is 0 Å². The van der Waals surface area contributed by atoms with Crippen LogP contribution in [0.5, 0.6) is 0 Å². The molecule has 0 aliphatic heterocycles. The maximum Gasteiger partial charge on any atom is 0.223 e. The number of thiazole rings is 1. The van der Waals surface area contributed by atoms with Crippen molar-refractivity contribution in [2.45, 2.75) is 40.0 Å². The number of aromatic nitrogens is 3. The third kappa shape index (κ3) is 3.19. The van der Waals surface area contributed by atoms with E-state index in [4.69, 9.17) is 0 Å². The Morgan fingerprint density at radius 1 is 1.30 bits per heavy atom. The predicted molar refractivity (Wildman–Crippen MR) is 80.9 cm³/mol. The minimum absolute atomic E-state index is 0.102. The van der Waals surface area contributed by atoms with Crippen LogP contribution in [-0.2, 0) is 10.2 Å². The number of aryl methyl sites for hydroxylation is 1. The van der Waals surface area contributed by atoms with E-state index in [1.165, 1.54) is 18.3 Å². The standard InChI is InChI=1S/C14H18N4OS/c1-8-11(20-13(16-8)17-9(2)19)10-6-7-15-12(18-10)14(3,4)5/h6-7H,1-5H3,(H,16,17,19). The van der Waals surface area contributed by atoms with Crippen molar-refractivity contribution in [3.8, 4) is 10.6 Å². The molecule has 0 atom stereocenters. The molecule has 2 aromatic rings. The summed E-state index contributed by atoms with van der Waals surface area (Å²) in [5, 5.41) is 3.30. The van der Waals surface area contributed by atoms with Gasteiger partial charge in [-0.1, -0.05) is 32.1 Å². The normalized spacial score (nSPS) is 11.4. The van der Waals surface area contributed by atoms with Crippen molar-refractivity contribution in [1.29, 1.82) is 0 Å². The molecule has 5 nitrogen and oxygen atoms in total. The summed E-state index contributed by atoms with van der Waals surface area (Å²) >= 11 is 1.43. The first-order chi connectivity index (χ1) is 9.27. The highest BCUT2D eigenvalue weighted by Crippen LogP contribution is 2.32. The molecular weight excluding hydrogens is 272 g/mol. The van der Waals surface area contributed by atoms with Gasteiger partial charge in [-0.05, 0) is 13.0 Å². The summed E-state index contributed by atoms with van der Waals surface area (Å²) in [7, 11) is 0. The van der Waals surface area contributed by atoms with E-state index < -0.39 is 0 Å². The van der Waals surface area contributed by atoms with Gasteiger partial charge in [0.2, 0.25) is 5.91 Å². The number of amides is 1. The van der Waals surface area contributed by atoms with E-state index in [9.17, 15) is 4.79 Å². The third-order valence-corrected chi connectivity index (χ3v) is 3.73. The molecule has 0 fully saturated rings. The van der Waals surface area contributed by atoms with E-state index in [2.05, 4.69) is 41.0 Å². The van der Waals surface area contributed by atoms with Gasteiger partial charge in [0, 0.05) is 18.5 Å². The first-order valence-corrected chi connectivity index (χ1v) is 7.18. The number of rotatable bonds is 2. The van der Waals surface area contributed by atoms with Crippen LogP contribution in [0.4, 0.5) is 5.13 Å². The molecule has 1 N–H and O–H groups in total. The zero-order valence-corrected chi connectivity index (χ0v) is 13.1. The van der Waals surface area contributed by atoms with Gasteiger partial charge < -0.3 is 5.32 Å². The van der Waals surface area contributed by atoms with E-state index in [-0.39, 0.29) is 11.3 Å². The zero-order valence-electron chi connectivity index (χ0n) is 12.3. The van der Waals surface area contributed by atoms with Gasteiger partial charge in [0.15, 0.2) is 5.13 Å². The Morgan fingerprint density at radius 2 is 2.00 bits per heavy atom. The van der Waals surface area contributed by atoms with Crippen LogP contribution >= 0.6 is 11.3 Å². The monoisotopic (exact) mass is 290 g/mol. The molecule has 2 heterocycles. The lowest BCUT2D eigenvalue weighted by molar-refractivity contribution is -0.114. The molecule has 0 bridgehead atoms. The molecule has 0 aliphatic carbocycles. The maximum absolute atomic E-state index is 11.1. The molecule has 1 amide bonds. The van der Waals surface area contributed by atoms with Gasteiger partial charge in [0.25, 0.3) is 0 Å². The fourth-order valence-electron chi connectivity index (χ4n) is 1.68. The first-order valence-electron chi connectivity index (χ1n) is 6.36. The van der Waals surface area contributed by atoms with Crippen molar-refractivity contribution in [3.05, 3.63) is 23.8 Å². The smallest absolute Gasteiger partial charge is 0.223 e. The number of nitrogens with one attached hydrogen (secondary N) is 1. The minimum Gasteiger partial charge on any atom is -0.302 e. The number of carbonyl (C=O) groups excluding carboxylic acids is 1. The average Bonchev–Trinajstić information content (AvgIpc) is 2.68. The summed E-state index contributed by atoms with van der Waals surface area (Å²) in [5.41, 5.74) is 1.60. The molecule has 0 saturated carbocycles. The van der Waals surface area contributed by atoms with Crippen LogP contribution in [-0.4, -0.2) is 20.9 Å². The highest BCUT2D eigenvalue weighted by molar-refractivity contribution is 7.19. The summed E-state index contributed by atoms with van der Waals surface area (Å²) in [6.45, 7) is 9.62. The lowest BCUT2D eigenvalue weighted by Crippen LogP contribution is -2.15. The summed E-state index contributed by atoms with van der Waals surface area (Å²) in [4.78, 5) is 25.3. The Hall–Kier alpha value is -1.82. The number of hydrogen-bond donors (Lipinski definition) is 1. The van der Waals surface area contributed by atoms with Crippen molar-refractivity contribution in [3.63, 3.8) is 0 Å². The van der Waals surface area contributed by atoms with Crippen molar-refractivity contribution < 1.29 is 4.79 Å². The van der Waals surface area contributed by atoms with Gasteiger partial charge in [-0.25, -0.2) is 15.0 Å². The lowest BCUT2D eigenvalue weighted by atomic mass is 9.95. The molecule has 0 spiro atoms. The highest BCUT2D eigenvalue weighted by Gasteiger charge is 2.19. The second-order valence-corrected chi connectivity index (χ2v) is 6.63. The first kappa shape index (κ1) is 14.6. The van der Waals surface area contributed by atoms with Gasteiger partial charge in [0.1, 0.15) is 5.82 Å². The molecule has 0 aromatic carbocycles. The lowest BCUT2D eigenvalue weighted by Gasteiger charge is -2.16. The van der Waals surface area contributed by atoms with Crippen LogP contribution < -0.4 is 5.32 Å². The molecule has 20 heavy (non-hydrogen) atoms. The molecule has 0 unspecified atom stereocenters. The van der Waals surface area contributed by atoms with E-state index in [1.54, 1.807) is 6.20 Å². The zero-order chi connectivity index (χ0) is 14.9. The van der Waals surface area contributed by atoms with E-state index in [1.807, 2.05) is 13.0 Å². The minimum atomic E-state index is -0.122. The van der Waals surface area contributed by atoms with Crippen LogP contribution in [0.3, 0.4) is 0 Å². The Bertz CT molecular complexity index is 643. The SMILES string of the molecule is CC(=O)Nc1nc(C)c(-c2ccnc(C(C)(C)C)n2)s1. The molecule has 0 radical (unpaired) electrons. The Kier molecular flexibility index (Phi) is 3.85. The van der Waals surface area contributed by atoms with E-state index >= 15 is 0 Å². The number of anilines is 1. The number of nitrogens with zero attached hydrogens (tertiary/aromatic N) is 3. The molecule has 6 heteroatoms. The van der Waals surface area contributed by atoms with Crippen LogP contribution in [0.25, 0.3) is 10.6 Å². The Labute approximate surface area is 122 Å². The second kappa shape index (κ2) is 5.28. The van der Waals surface area contributed by atoms with Crippen LogP contribution in [0, 0.1) is 6.92 Å². The second-order valence-electron chi connectivity index (χ2n) is 5.63. The van der Waals surface area contributed by atoms with Crippen molar-refractivity contribution in [1.82, 2.24) is 15.0 Å². The summed E-state index contributed by atoms with van der Waals surface area (Å²) in [5.74, 6) is 0.673. The third-order valence-electron chi connectivity index (χ3n) is 2.64. The molecule has 0 saturated heterocycles. The summed E-state index contributed by atoms with van der Waals surface area (Å²) in [6, 6.07) is 1.87. The Balaban J connectivity index is 2.41. The van der Waals surface area contributed by atoms with Crippen molar-refractivity contribution >= 4 is 22.4 Å². The topological polar surface area (TPSA) is 67.8 Å². The quantitative estimate of drug-likeness (QED) is 0.922. The fraction of sp³-hybridized carbons (Fsp3) is 0.429. The molecule has 2 rings (SSSR count). The summed E-state index contributed by atoms with van der Waals surface area (Å²) in [6.07, 6.45) is 1.76. The fourth-order valence-corrected chi connectivity index (χ4v) is 2.67. The average molecular weight is 290 g/mol. The van der Waals surface area contributed by atoms with Crippen molar-refractivity contribution in [2.24, 2.45) is 0 Å². The Morgan fingerprint density at radius 3 is 2.60 bits per heavy atom. The van der Waals surface area contributed by atoms with Crippen LogP contribution in [0.2, 0.25) is 0 Å². The largest absolute Gasteiger partial charge is 0.302 e. The van der Waals surface area contributed by atoms with Gasteiger partial charge in [-0.2, -0.15) is 0 Å². The van der Waals surface area contributed by atoms with E-state index in [0.29, 0.717) is 5.13 Å². The predicted octanol–water partition coefficient (Wildman–Crippen LogP) is 3.16. The molecule has 0 aliphatic rings. The molecule has 2 aromatic heterocycles. The van der Waals surface area contributed by atoms with Crippen molar-refractivity contribution in [2.75, 3.05) is 5.32 Å². The van der Waals surface area contributed by atoms with Crippen LogP contribution in [0.15, 0.2) is 12.3 Å².